The third-order valence-electron chi connectivity index (χ3n) is 7.01. The highest BCUT2D eigenvalue weighted by Crippen LogP contribution is 2.41. The van der Waals surface area contributed by atoms with E-state index in [4.69, 9.17) is 16.3 Å². The number of hydrogen-bond donors (Lipinski definition) is 1. The zero-order valence-corrected chi connectivity index (χ0v) is 26.5. The molecule has 2 amide bonds. The number of likely N-dealkylation sites (tertiary alicyclic amines) is 1. The van der Waals surface area contributed by atoms with Crippen molar-refractivity contribution in [2.24, 2.45) is 0 Å². The van der Waals surface area contributed by atoms with Gasteiger partial charge in [-0.25, -0.2) is 13.2 Å². The van der Waals surface area contributed by atoms with Crippen molar-refractivity contribution in [1.82, 2.24) is 10.2 Å². The Balaban J connectivity index is 1.46. The van der Waals surface area contributed by atoms with E-state index >= 15 is 0 Å². The second kappa shape index (κ2) is 14.2. The lowest BCUT2D eigenvalue weighted by atomic mass is 10.0. The summed E-state index contributed by atoms with van der Waals surface area (Å²) in [4.78, 5) is 41.5. The molecule has 1 saturated heterocycles. The van der Waals surface area contributed by atoms with Crippen molar-refractivity contribution in [3.8, 4) is 0 Å². The Kier molecular flexibility index (Phi) is 10.1. The van der Waals surface area contributed by atoms with Crippen molar-refractivity contribution in [2.75, 3.05) is 0 Å². The number of allylic oxidation sites excluding steroid dienone is 1. The Morgan fingerprint density at radius 3 is 1.84 bits per heavy atom. The minimum atomic E-state index is -4.04. The molecular formula is C34H29ClN2O6S2. The first-order valence-electron chi connectivity index (χ1n) is 14.0. The quantitative estimate of drug-likeness (QED) is 0.0936. The van der Waals surface area contributed by atoms with E-state index in [9.17, 15) is 22.8 Å². The molecule has 0 radical (unpaired) electrons. The van der Waals surface area contributed by atoms with E-state index in [0.717, 1.165) is 4.90 Å². The minimum absolute atomic E-state index is 0.00702. The number of hydrogen-bond acceptors (Lipinski definition) is 7. The van der Waals surface area contributed by atoms with Gasteiger partial charge in [-0.15, -0.1) is 0 Å². The number of nitrogens with one attached hydrogen (secondary N) is 1. The predicted octanol–water partition coefficient (Wildman–Crippen LogP) is 5.81. The summed E-state index contributed by atoms with van der Waals surface area (Å²) >= 11 is 6.44. The molecule has 0 saturated carbocycles. The third-order valence-corrected chi connectivity index (χ3v) is 10.9. The van der Waals surface area contributed by atoms with Gasteiger partial charge in [0.25, 0.3) is 5.91 Å². The molecule has 0 bridgehead atoms. The van der Waals surface area contributed by atoms with Crippen molar-refractivity contribution in [3.63, 3.8) is 0 Å². The van der Waals surface area contributed by atoms with E-state index in [1.165, 1.54) is 19.1 Å². The Morgan fingerprint density at radius 1 is 0.844 bits per heavy atom. The summed E-state index contributed by atoms with van der Waals surface area (Å²) in [5, 5.41) is 1.36. The highest BCUT2D eigenvalue weighted by molar-refractivity contribution is 8.72. The summed E-state index contributed by atoms with van der Waals surface area (Å²) in [6.07, 6.45) is -0.870. The molecule has 0 aromatic heterocycles. The number of benzene rings is 4. The maximum Gasteiger partial charge on any atom is 0.357 e. The number of carbonyl (C=O) groups excluding carboxylic acids is 3. The zero-order valence-electron chi connectivity index (χ0n) is 24.1. The fraction of sp³-hybridized carbons (Fsp3) is 0.147. The Bertz CT molecular complexity index is 1760. The summed E-state index contributed by atoms with van der Waals surface area (Å²) < 4.78 is 32.9. The van der Waals surface area contributed by atoms with Crippen LogP contribution in [0.3, 0.4) is 0 Å². The zero-order chi connectivity index (χ0) is 32.0. The summed E-state index contributed by atoms with van der Waals surface area (Å²) in [6.45, 7) is 1.42. The summed E-state index contributed by atoms with van der Waals surface area (Å²) in [6, 6.07) is 33.5. The predicted molar refractivity (Wildman–Crippen MR) is 173 cm³/mol. The number of halogens is 1. The molecule has 1 aliphatic heterocycles. The molecule has 45 heavy (non-hydrogen) atoms. The molecule has 4 aromatic rings. The first kappa shape index (κ1) is 32.0. The van der Waals surface area contributed by atoms with E-state index < -0.39 is 44.2 Å². The molecule has 11 heteroatoms. The Hall–Kier alpha value is -4.38. The molecule has 0 spiro atoms. The number of amides is 2. The number of esters is 1. The average Bonchev–Trinajstić information content (AvgIpc) is 3.05. The fourth-order valence-corrected chi connectivity index (χ4v) is 8.52. The number of rotatable bonds is 11. The first-order valence-corrected chi connectivity index (χ1v) is 17.2. The van der Waals surface area contributed by atoms with Crippen molar-refractivity contribution in [3.05, 3.63) is 149 Å². The smallest absolute Gasteiger partial charge is 0.357 e. The van der Waals surface area contributed by atoms with Gasteiger partial charge >= 0.3 is 5.97 Å². The van der Waals surface area contributed by atoms with Crippen LogP contribution in [-0.2, 0) is 34.4 Å². The van der Waals surface area contributed by atoms with Crippen LogP contribution in [0.2, 0.25) is 0 Å². The van der Waals surface area contributed by atoms with E-state index in [1.54, 1.807) is 66.7 Å². The molecule has 1 heterocycles. The average molecular weight is 661 g/mol. The van der Waals surface area contributed by atoms with Gasteiger partial charge in [0.15, 0.2) is 6.10 Å². The first-order chi connectivity index (χ1) is 21.7. The molecule has 1 N–H and O–H groups in total. The molecule has 1 aliphatic rings. The molecule has 2 unspecified atom stereocenters. The Labute approximate surface area is 270 Å². The summed E-state index contributed by atoms with van der Waals surface area (Å²) in [5.74, 6) is -2.10. The fourth-order valence-electron chi connectivity index (χ4n) is 4.86. The van der Waals surface area contributed by atoms with E-state index in [-0.39, 0.29) is 22.0 Å². The third kappa shape index (κ3) is 7.47. The van der Waals surface area contributed by atoms with Crippen LogP contribution >= 0.6 is 22.4 Å². The monoisotopic (exact) mass is 660 g/mol. The van der Waals surface area contributed by atoms with Crippen LogP contribution in [0.1, 0.15) is 29.7 Å². The van der Waals surface area contributed by atoms with Crippen LogP contribution in [0, 0.1) is 0 Å². The SMILES string of the molecule is C/C(Cl)=C(\C(=O)OC(c1ccccc1)c1ccccc1)N1C(=O)C(NC(=O)Cc2ccccc2)C1SS(=O)(=O)c1ccccc1. The van der Waals surface area contributed by atoms with Gasteiger partial charge in [-0.2, -0.15) is 0 Å². The van der Waals surface area contributed by atoms with Gasteiger partial charge in [0, 0.05) is 15.8 Å². The van der Waals surface area contributed by atoms with E-state index in [1.807, 2.05) is 42.5 Å². The molecule has 2 atom stereocenters. The molecule has 1 fully saturated rings. The van der Waals surface area contributed by atoms with E-state index in [2.05, 4.69) is 5.32 Å². The van der Waals surface area contributed by atoms with Crippen LogP contribution in [0.5, 0.6) is 0 Å². The summed E-state index contributed by atoms with van der Waals surface area (Å²) in [5.41, 5.74) is 1.77. The Morgan fingerprint density at radius 2 is 1.33 bits per heavy atom. The van der Waals surface area contributed by atoms with Crippen LogP contribution in [0.15, 0.2) is 137 Å². The molecule has 8 nitrogen and oxygen atoms in total. The molecule has 4 aromatic carbocycles. The minimum Gasteiger partial charge on any atom is -0.448 e. The number of carbonyl (C=O) groups is 3. The van der Waals surface area contributed by atoms with Crippen LogP contribution in [0.4, 0.5) is 0 Å². The van der Waals surface area contributed by atoms with Crippen molar-refractivity contribution >= 4 is 49.0 Å². The standard InChI is InChI=1S/C34H29ClN2O6S2/c1-23(35)30(34(40)43-31(25-16-8-3-9-17-25)26-18-10-4-11-19-26)37-32(39)29(36-28(38)22-24-14-6-2-7-15-24)33(37)44-45(41,42)27-20-12-5-13-21-27/h2-21,29,31,33H,22H2,1H3,(H,36,38)/b30-23-. The lowest BCUT2D eigenvalue weighted by molar-refractivity contribution is -0.154. The van der Waals surface area contributed by atoms with E-state index in [0.29, 0.717) is 27.5 Å². The molecule has 0 aliphatic carbocycles. The van der Waals surface area contributed by atoms with Crippen LogP contribution in [-0.4, -0.2) is 42.5 Å². The van der Waals surface area contributed by atoms with Gasteiger partial charge in [0.2, 0.25) is 14.8 Å². The van der Waals surface area contributed by atoms with Gasteiger partial charge < -0.3 is 10.1 Å². The van der Waals surface area contributed by atoms with Crippen molar-refractivity contribution < 1.29 is 27.5 Å². The second-order valence-electron chi connectivity index (χ2n) is 10.2. The highest BCUT2D eigenvalue weighted by Gasteiger charge is 2.54. The van der Waals surface area contributed by atoms with Gasteiger partial charge in [0.05, 0.1) is 11.3 Å². The van der Waals surface area contributed by atoms with Gasteiger partial charge in [-0.1, -0.05) is 121 Å². The molecule has 5 rings (SSSR count). The van der Waals surface area contributed by atoms with Crippen molar-refractivity contribution in [2.45, 2.75) is 35.8 Å². The summed E-state index contributed by atoms with van der Waals surface area (Å²) in [7, 11) is -3.60. The lowest BCUT2D eigenvalue weighted by Crippen LogP contribution is -2.69. The number of nitrogens with zero attached hydrogens (tertiary/aromatic N) is 1. The largest absolute Gasteiger partial charge is 0.448 e. The molecular weight excluding hydrogens is 632 g/mol. The topological polar surface area (TPSA) is 110 Å². The maximum atomic E-state index is 13.9. The van der Waals surface area contributed by atoms with Crippen molar-refractivity contribution in [1.29, 1.82) is 0 Å². The second-order valence-corrected chi connectivity index (χ2v) is 14.7. The van der Waals surface area contributed by atoms with Crippen LogP contribution in [0.25, 0.3) is 0 Å². The van der Waals surface area contributed by atoms with Crippen LogP contribution < -0.4 is 5.32 Å². The maximum absolute atomic E-state index is 13.9. The van der Waals surface area contributed by atoms with Gasteiger partial charge in [-0.3, -0.25) is 14.5 Å². The van der Waals surface area contributed by atoms with Gasteiger partial charge in [0.1, 0.15) is 17.1 Å². The van der Waals surface area contributed by atoms with Gasteiger partial charge in [-0.05, 0) is 35.7 Å². The normalized spacial score (nSPS) is 16.9. The molecule has 230 valence electrons. The number of β-lactam (4-membered cyclic amide) rings is 1. The lowest BCUT2D eigenvalue weighted by Gasteiger charge is -2.46. The number of ether oxygens (including phenoxy) is 1. The highest BCUT2D eigenvalue weighted by atomic mass is 35.5.